The third kappa shape index (κ3) is 2.34. The second-order valence-corrected chi connectivity index (χ2v) is 6.88. The van der Waals surface area contributed by atoms with Crippen molar-refractivity contribution >= 4 is 15.9 Å². The monoisotopic (exact) mass is 348 g/mol. The number of hydrogen-bond acceptors (Lipinski definition) is 1. The molecule has 0 N–H and O–H groups in total. The van der Waals surface area contributed by atoms with E-state index < -0.39 is 11.7 Å². The maximum Gasteiger partial charge on any atom is 0.416 e. The number of hydrogen-bond donors (Lipinski definition) is 0. The Labute approximate surface area is 124 Å². The molecule has 110 valence electrons. The van der Waals surface area contributed by atoms with E-state index in [1.54, 1.807) is 6.07 Å². The van der Waals surface area contributed by atoms with Gasteiger partial charge in [0.1, 0.15) is 11.9 Å². The van der Waals surface area contributed by atoms with E-state index in [2.05, 4.69) is 15.9 Å². The number of rotatable bonds is 2. The summed E-state index contributed by atoms with van der Waals surface area (Å²) in [7, 11) is 0. The summed E-state index contributed by atoms with van der Waals surface area (Å²) in [4.78, 5) is 0.438. The van der Waals surface area contributed by atoms with Crippen LogP contribution in [0.15, 0.2) is 24.3 Å². The predicted molar refractivity (Wildman–Crippen MR) is 74.1 cm³/mol. The molecule has 0 bridgehead atoms. The van der Waals surface area contributed by atoms with Crippen LogP contribution in [0.1, 0.15) is 37.7 Å². The Balaban J connectivity index is 1.76. The van der Waals surface area contributed by atoms with Gasteiger partial charge >= 0.3 is 6.18 Å². The number of benzene rings is 1. The molecule has 0 aliphatic heterocycles. The molecule has 0 heterocycles. The second kappa shape index (κ2) is 4.93. The summed E-state index contributed by atoms with van der Waals surface area (Å²) >= 11 is 3.68. The van der Waals surface area contributed by atoms with Crippen molar-refractivity contribution in [2.24, 2.45) is 5.41 Å². The first kappa shape index (κ1) is 14.2. The topological polar surface area (TPSA) is 9.23 Å². The van der Waals surface area contributed by atoms with Gasteiger partial charge in [-0.1, -0.05) is 34.8 Å². The van der Waals surface area contributed by atoms with Crippen LogP contribution in [-0.2, 0) is 6.18 Å². The third-order valence-electron chi connectivity index (χ3n) is 4.66. The summed E-state index contributed by atoms with van der Waals surface area (Å²) in [6, 6.07) is 5.19. The van der Waals surface area contributed by atoms with Crippen LogP contribution in [-0.4, -0.2) is 10.9 Å². The SMILES string of the molecule is FC(F)(F)c1cccc(OC2CC(Br)C23CCCC3)c1. The van der Waals surface area contributed by atoms with Crippen LogP contribution in [0.25, 0.3) is 0 Å². The molecule has 2 saturated carbocycles. The Kier molecular flexibility index (Phi) is 3.51. The van der Waals surface area contributed by atoms with Gasteiger partial charge < -0.3 is 4.74 Å². The fraction of sp³-hybridized carbons (Fsp3) is 0.600. The van der Waals surface area contributed by atoms with E-state index in [9.17, 15) is 13.2 Å². The average molecular weight is 349 g/mol. The van der Waals surface area contributed by atoms with Crippen molar-refractivity contribution in [3.63, 3.8) is 0 Å². The van der Waals surface area contributed by atoms with Crippen LogP contribution in [0.2, 0.25) is 0 Å². The molecule has 2 fully saturated rings. The van der Waals surface area contributed by atoms with E-state index in [0.717, 1.165) is 31.4 Å². The lowest BCUT2D eigenvalue weighted by molar-refractivity contribution is -0.137. The van der Waals surface area contributed by atoms with Gasteiger partial charge in [0.15, 0.2) is 0 Å². The molecular weight excluding hydrogens is 333 g/mol. The summed E-state index contributed by atoms with van der Waals surface area (Å²) in [5, 5.41) is 0. The zero-order valence-electron chi connectivity index (χ0n) is 10.9. The smallest absolute Gasteiger partial charge is 0.416 e. The first-order chi connectivity index (χ1) is 9.42. The van der Waals surface area contributed by atoms with Gasteiger partial charge in [-0.05, 0) is 37.5 Å². The highest BCUT2D eigenvalue weighted by atomic mass is 79.9. The summed E-state index contributed by atoms with van der Waals surface area (Å²) in [5.74, 6) is 0.329. The Morgan fingerprint density at radius 1 is 1.20 bits per heavy atom. The molecule has 0 saturated heterocycles. The van der Waals surface area contributed by atoms with E-state index in [4.69, 9.17) is 4.74 Å². The molecule has 0 aromatic heterocycles. The average Bonchev–Trinajstić information content (AvgIpc) is 2.90. The van der Waals surface area contributed by atoms with E-state index in [1.165, 1.54) is 18.9 Å². The lowest BCUT2D eigenvalue weighted by Gasteiger charge is -2.51. The van der Waals surface area contributed by atoms with Gasteiger partial charge in [-0.15, -0.1) is 0 Å². The van der Waals surface area contributed by atoms with Crippen molar-refractivity contribution in [1.29, 1.82) is 0 Å². The van der Waals surface area contributed by atoms with E-state index in [1.807, 2.05) is 0 Å². The van der Waals surface area contributed by atoms with Gasteiger partial charge in [0, 0.05) is 10.2 Å². The van der Waals surface area contributed by atoms with Gasteiger partial charge in [-0.2, -0.15) is 13.2 Å². The van der Waals surface area contributed by atoms with Crippen LogP contribution < -0.4 is 4.74 Å². The van der Waals surface area contributed by atoms with Gasteiger partial charge in [-0.3, -0.25) is 0 Å². The lowest BCUT2D eigenvalue weighted by Crippen LogP contribution is -2.55. The molecule has 1 nitrogen and oxygen atoms in total. The molecule has 0 amide bonds. The molecule has 2 unspecified atom stereocenters. The van der Waals surface area contributed by atoms with Crippen molar-refractivity contribution in [2.75, 3.05) is 0 Å². The normalized spacial score (nSPS) is 28.4. The molecule has 1 aromatic rings. The maximum absolute atomic E-state index is 12.7. The van der Waals surface area contributed by atoms with Crippen LogP contribution in [0.4, 0.5) is 13.2 Å². The molecule has 1 aromatic carbocycles. The maximum atomic E-state index is 12.7. The van der Waals surface area contributed by atoms with Crippen molar-refractivity contribution in [2.45, 2.75) is 49.2 Å². The van der Waals surface area contributed by atoms with Crippen LogP contribution in [0, 0.1) is 5.41 Å². The standard InChI is InChI=1S/C15H16BrF3O/c16-12-9-13(14(12)6-1-2-7-14)20-11-5-3-4-10(8-11)15(17,18)19/h3-5,8,12-13H,1-2,6-7,9H2. The summed E-state index contributed by atoms with van der Waals surface area (Å²) in [6.07, 6.45) is 1.17. The number of ether oxygens (including phenoxy) is 1. The highest BCUT2D eigenvalue weighted by Gasteiger charge is 2.56. The Bertz CT molecular complexity index is 494. The highest BCUT2D eigenvalue weighted by Crippen LogP contribution is 2.57. The molecule has 1 spiro atoms. The van der Waals surface area contributed by atoms with E-state index in [-0.39, 0.29) is 11.5 Å². The van der Waals surface area contributed by atoms with Crippen LogP contribution in [0.5, 0.6) is 5.75 Å². The van der Waals surface area contributed by atoms with Gasteiger partial charge in [0.25, 0.3) is 0 Å². The molecule has 2 atom stereocenters. The van der Waals surface area contributed by atoms with Gasteiger partial charge in [0.2, 0.25) is 0 Å². The summed E-state index contributed by atoms with van der Waals surface area (Å²) < 4.78 is 43.9. The summed E-state index contributed by atoms with van der Waals surface area (Å²) in [6.45, 7) is 0. The van der Waals surface area contributed by atoms with Crippen LogP contribution in [0.3, 0.4) is 0 Å². The highest BCUT2D eigenvalue weighted by molar-refractivity contribution is 9.09. The van der Waals surface area contributed by atoms with E-state index in [0.29, 0.717) is 10.6 Å². The Morgan fingerprint density at radius 3 is 2.50 bits per heavy atom. The van der Waals surface area contributed by atoms with Crippen molar-refractivity contribution in [1.82, 2.24) is 0 Å². The van der Waals surface area contributed by atoms with Crippen LogP contribution >= 0.6 is 15.9 Å². The lowest BCUT2D eigenvalue weighted by atomic mass is 9.64. The second-order valence-electron chi connectivity index (χ2n) is 5.78. The van der Waals surface area contributed by atoms with E-state index >= 15 is 0 Å². The quantitative estimate of drug-likeness (QED) is 0.669. The number of alkyl halides is 4. The minimum absolute atomic E-state index is 0.0397. The van der Waals surface area contributed by atoms with Gasteiger partial charge in [0.05, 0.1) is 5.56 Å². The first-order valence-corrected chi connectivity index (χ1v) is 7.81. The van der Waals surface area contributed by atoms with Gasteiger partial charge in [-0.25, -0.2) is 0 Å². The fourth-order valence-corrected chi connectivity index (χ4v) is 4.53. The van der Waals surface area contributed by atoms with Crippen molar-refractivity contribution in [3.05, 3.63) is 29.8 Å². The Hall–Kier alpha value is -0.710. The summed E-state index contributed by atoms with van der Waals surface area (Å²) in [5.41, 5.74) is -0.515. The minimum atomic E-state index is -4.32. The fourth-order valence-electron chi connectivity index (χ4n) is 3.44. The first-order valence-electron chi connectivity index (χ1n) is 6.90. The zero-order valence-corrected chi connectivity index (χ0v) is 12.5. The molecule has 2 aliphatic carbocycles. The predicted octanol–water partition coefficient (Wildman–Crippen LogP) is 5.18. The molecular formula is C15H16BrF3O. The third-order valence-corrected chi connectivity index (χ3v) is 5.95. The zero-order chi connectivity index (χ0) is 14.4. The molecule has 3 rings (SSSR count). The molecule has 20 heavy (non-hydrogen) atoms. The van der Waals surface area contributed by atoms with Crippen molar-refractivity contribution < 1.29 is 17.9 Å². The number of halogens is 4. The minimum Gasteiger partial charge on any atom is -0.490 e. The molecule has 5 heteroatoms. The molecule has 2 aliphatic rings. The largest absolute Gasteiger partial charge is 0.490 e. The molecule has 0 radical (unpaired) electrons. The Morgan fingerprint density at radius 2 is 1.90 bits per heavy atom. The van der Waals surface area contributed by atoms with Crippen molar-refractivity contribution in [3.8, 4) is 5.75 Å².